The number of carbonyl (C=O) groups is 1. The lowest BCUT2D eigenvalue weighted by molar-refractivity contribution is -0.0209. The number of hydrogen-bond acceptors (Lipinski definition) is 4. The van der Waals surface area contributed by atoms with Crippen LogP contribution in [0.25, 0.3) is 0 Å². The summed E-state index contributed by atoms with van der Waals surface area (Å²) in [6.45, 7) is 5.03. The van der Waals surface area contributed by atoms with Crippen LogP contribution in [-0.2, 0) is 11.2 Å². The fourth-order valence-electron chi connectivity index (χ4n) is 3.33. The first-order valence-corrected chi connectivity index (χ1v) is 8.72. The van der Waals surface area contributed by atoms with Gasteiger partial charge in [-0.2, -0.15) is 0 Å². The lowest BCUT2D eigenvalue weighted by Gasteiger charge is -2.33. The molecule has 1 N–H and O–H groups in total. The van der Waals surface area contributed by atoms with Crippen LogP contribution in [0.5, 0.6) is 5.75 Å². The molecule has 0 bridgehead atoms. The van der Waals surface area contributed by atoms with Crippen molar-refractivity contribution in [2.45, 2.75) is 26.4 Å². The van der Waals surface area contributed by atoms with Gasteiger partial charge >= 0.3 is 0 Å². The van der Waals surface area contributed by atoms with Gasteiger partial charge in [-0.1, -0.05) is 12.1 Å². The highest BCUT2D eigenvalue weighted by Crippen LogP contribution is 2.17. The zero-order chi connectivity index (χ0) is 18.7. The Morgan fingerprint density at radius 1 is 1.31 bits per heavy atom. The van der Waals surface area contributed by atoms with Crippen molar-refractivity contribution in [1.29, 1.82) is 0 Å². The molecule has 1 aliphatic rings. The molecule has 1 saturated heterocycles. The van der Waals surface area contributed by atoms with Crippen molar-refractivity contribution < 1.29 is 14.3 Å². The molecule has 0 spiro atoms. The molecule has 3 rings (SSSR count). The van der Waals surface area contributed by atoms with Gasteiger partial charge in [-0.3, -0.25) is 9.59 Å². The van der Waals surface area contributed by atoms with E-state index in [1.54, 1.807) is 18.9 Å². The minimum Gasteiger partial charge on any atom is -0.497 e. The number of nitrogens with zero attached hydrogens (tertiary/aromatic N) is 1. The number of aromatic amines is 1. The Bertz CT molecular complexity index is 842. The number of carbonyl (C=O) groups excluding carboxylic acids is 1. The maximum absolute atomic E-state index is 12.9. The maximum atomic E-state index is 12.9. The SMILES string of the molecule is COc1ccc(CC2CN(C(=O)c3c(C)cc(C)[nH]c3=O)CCO2)cc1. The van der Waals surface area contributed by atoms with Gasteiger partial charge in [-0.15, -0.1) is 0 Å². The van der Waals surface area contributed by atoms with Gasteiger partial charge in [0.1, 0.15) is 11.3 Å². The summed E-state index contributed by atoms with van der Waals surface area (Å²) in [6.07, 6.45) is 0.614. The Labute approximate surface area is 152 Å². The Hall–Kier alpha value is -2.60. The third kappa shape index (κ3) is 3.96. The van der Waals surface area contributed by atoms with E-state index in [4.69, 9.17) is 9.47 Å². The molecule has 0 saturated carbocycles. The molecule has 1 aromatic carbocycles. The molecule has 26 heavy (non-hydrogen) atoms. The molecule has 2 aromatic rings. The number of aryl methyl sites for hydroxylation is 2. The molecule has 1 unspecified atom stereocenters. The van der Waals surface area contributed by atoms with Gasteiger partial charge in [0.15, 0.2) is 0 Å². The van der Waals surface area contributed by atoms with Crippen LogP contribution in [0.1, 0.15) is 27.2 Å². The van der Waals surface area contributed by atoms with Crippen molar-refractivity contribution in [1.82, 2.24) is 9.88 Å². The molecule has 1 aromatic heterocycles. The van der Waals surface area contributed by atoms with Crippen molar-refractivity contribution in [3.8, 4) is 5.75 Å². The average Bonchev–Trinajstić information content (AvgIpc) is 2.61. The quantitative estimate of drug-likeness (QED) is 0.910. The molecular formula is C20H24N2O4. The predicted molar refractivity (Wildman–Crippen MR) is 98.9 cm³/mol. The first-order valence-electron chi connectivity index (χ1n) is 8.72. The van der Waals surface area contributed by atoms with E-state index >= 15 is 0 Å². The molecule has 0 aliphatic carbocycles. The second kappa shape index (κ2) is 7.74. The maximum Gasteiger partial charge on any atom is 0.261 e. The van der Waals surface area contributed by atoms with Gasteiger partial charge in [-0.25, -0.2) is 0 Å². The summed E-state index contributed by atoms with van der Waals surface area (Å²) in [5.74, 6) is 0.580. The fourth-order valence-corrected chi connectivity index (χ4v) is 3.33. The van der Waals surface area contributed by atoms with Crippen molar-refractivity contribution in [2.24, 2.45) is 0 Å². The first kappa shape index (κ1) is 18.2. The minimum atomic E-state index is -0.328. The van der Waals surface area contributed by atoms with Crippen molar-refractivity contribution >= 4 is 5.91 Å². The summed E-state index contributed by atoms with van der Waals surface area (Å²) in [5.41, 5.74) is 2.47. The van der Waals surface area contributed by atoms with Crippen molar-refractivity contribution in [3.63, 3.8) is 0 Å². The van der Waals surface area contributed by atoms with E-state index in [0.29, 0.717) is 31.7 Å². The minimum absolute atomic E-state index is 0.0917. The van der Waals surface area contributed by atoms with Crippen LogP contribution in [0, 0.1) is 13.8 Å². The Morgan fingerprint density at radius 3 is 2.69 bits per heavy atom. The number of methoxy groups -OCH3 is 1. The van der Waals surface area contributed by atoms with Gasteiger partial charge in [0, 0.05) is 25.2 Å². The van der Waals surface area contributed by atoms with Crippen LogP contribution in [-0.4, -0.2) is 48.7 Å². The number of H-pyrrole nitrogens is 1. The third-order valence-electron chi connectivity index (χ3n) is 4.63. The van der Waals surface area contributed by atoms with Gasteiger partial charge in [-0.05, 0) is 43.2 Å². The molecule has 0 radical (unpaired) electrons. The highest BCUT2D eigenvalue weighted by atomic mass is 16.5. The molecule has 6 nitrogen and oxygen atoms in total. The Kier molecular flexibility index (Phi) is 5.42. The standard InChI is InChI=1S/C20H24N2O4/c1-13-10-14(2)21-19(23)18(13)20(24)22-8-9-26-17(12-22)11-15-4-6-16(25-3)7-5-15/h4-7,10,17H,8-9,11-12H2,1-3H3,(H,21,23). The first-order chi connectivity index (χ1) is 12.5. The lowest BCUT2D eigenvalue weighted by Crippen LogP contribution is -2.47. The smallest absolute Gasteiger partial charge is 0.261 e. The van der Waals surface area contributed by atoms with Crippen LogP contribution in [0.2, 0.25) is 0 Å². The molecule has 1 fully saturated rings. The number of hydrogen-bond donors (Lipinski definition) is 1. The number of benzene rings is 1. The van der Waals surface area contributed by atoms with Crippen molar-refractivity contribution in [2.75, 3.05) is 26.8 Å². The van der Waals surface area contributed by atoms with E-state index in [1.165, 1.54) is 0 Å². The third-order valence-corrected chi connectivity index (χ3v) is 4.63. The average molecular weight is 356 g/mol. The number of morpholine rings is 1. The molecule has 138 valence electrons. The van der Waals surface area contributed by atoms with E-state index in [0.717, 1.165) is 17.0 Å². The second-order valence-corrected chi connectivity index (χ2v) is 6.64. The highest BCUT2D eigenvalue weighted by molar-refractivity contribution is 5.95. The van der Waals surface area contributed by atoms with Crippen molar-refractivity contribution in [3.05, 3.63) is 63.1 Å². The zero-order valence-corrected chi connectivity index (χ0v) is 15.4. The van der Waals surface area contributed by atoms with Gasteiger partial charge < -0.3 is 19.4 Å². The topological polar surface area (TPSA) is 71.6 Å². The van der Waals surface area contributed by atoms with Crippen LogP contribution >= 0.6 is 0 Å². The van der Waals surface area contributed by atoms with Gasteiger partial charge in [0.05, 0.1) is 19.8 Å². The highest BCUT2D eigenvalue weighted by Gasteiger charge is 2.27. The summed E-state index contributed by atoms with van der Waals surface area (Å²) in [7, 11) is 1.64. The molecule has 1 atom stereocenters. The molecular weight excluding hydrogens is 332 g/mol. The predicted octanol–water partition coefficient (Wildman–Crippen LogP) is 2.08. The van der Waals surface area contributed by atoms with Crippen LogP contribution < -0.4 is 10.3 Å². The van der Waals surface area contributed by atoms with E-state index in [9.17, 15) is 9.59 Å². The number of pyridine rings is 1. The van der Waals surface area contributed by atoms with Crippen LogP contribution in [0.15, 0.2) is 35.1 Å². The number of ether oxygens (including phenoxy) is 2. The summed E-state index contributed by atoms with van der Waals surface area (Å²) in [5, 5.41) is 0. The largest absolute Gasteiger partial charge is 0.497 e. The zero-order valence-electron chi connectivity index (χ0n) is 15.4. The summed E-state index contributed by atoms with van der Waals surface area (Å²) in [4.78, 5) is 29.5. The fraction of sp³-hybridized carbons (Fsp3) is 0.400. The van der Waals surface area contributed by atoms with Gasteiger partial charge in [0.25, 0.3) is 11.5 Å². The summed E-state index contributed by atoms with van der Waals surface area (Å²) >= 11 is 0. The van der Waals surface area contributed by atoms with Crippen LogP contribution in [0.3, 0.4) is 0 Å². The Morgan fingerprint density at radius 2 is 2.04 bits per heavy atom. The van der Waals surface area contributed by atoms with E-state index < -0.39 is 0 Å². The second-order valence-electron chi connectivity index (χ2n) is 6.64. The van der Waals surface area contributed by atoms with E-state index in [1.807, 2.05) is 37.3 Å². The normalized spacial score (nSPS) is 17.2. The van der Waals surface area contributed by atoms with E-state index in [-0.39, 0.29) is 23.1 Å². The molecule has 1 aliphatic heterocycles. The summed E-state index contributed by atoms with van der Waals surface area (Å²) < 4.78 is 11.0. The molecule has 6 heteroatoms. The number of rotatable bonds is 4. The number of aromatic nitrogens is 1. The molecule has 1 amide bonds. The monoisotopic (exact) mass is 356 g/mol. The summed E-state index contributed by atoms with van der Waals surface area (Å²) in [6, 6.07) is 9.64. The van der Waals surface area contributed by atoms with E-state index in [2.05, 4.69) is 4.98 Å². The molecule has 2 heterocycles. The number of nitrogens with one attached hydrogen (secondary N) is 1. The van der Waals surface area contributed by atoms with Crippen LogP contribution in [0.4, 0.5) is 0 Å². The van der Waals surface area contributed by atoms with Gasteiger partial charge in [0.2, 0.25) is 0 Å². The number of amides is 1. The Balaban J connectivity index is 1.71. The lowest BCUT2D eigenvalue weighted by atomic mass is 10.0.